The summed E-state index contributed by atoms with van der Waals surface area (Å²) in [6, 6.07) is 12.2. The quantitative estimate of drug-likeness (QED) is 0.538. The number of hydrogen-bond acceptors (Lipinski definition) is 5. The van der Waals surface area contributed by atoms with Gasteiger partial charge in [0.2, 0.25) is 0 Å². The van der Waals surface area contributed by atoms with E-state index in [-0.39, 0.29) is 0 Å². The molecule has 3 heterocycles. The number of benzene rings is 1. The lowest BCUT2D eigenvalue weighted by Gasteiger charge is -2.12. The number of nitrogens with zero attached hydrogens (tertiary/aromatic N) is 4. The van der Waals surface area contributed by atoms with Crippen molar-refractivity contribution in [3.63, 3.8) is 0 Å². The monoisotopic (exact) mass is 373 g/mol. The Hall–Kier alpha value is -3.41. The zero-order chi connectivity index (χ0) is 19.5. The van der Waals surface area contributed by atoms with Crippen LogP contribution in [0, 0.1) is 0 Å². The van der Waals surface area contributed by atoms with E-state index in [2.05, 4.69) is 41.4 Å². The van der Waals surface area contributed by atoms with Crippen LogP contribution >= 0.6 is 0 Å². The smallest absolute Gasteiger partial charge is 0.165 e. The molecular weight excluding hydrogens is 350 g/mol. The largest absolute Gasteiger partial charge is 0.496 e. The van der Waals surface area contributed by atoms with Crippen LogP contribution in [0.15, 0.2) is 61.2 Å². The Labute approximate surface area is 164 Å². The summed E-state index contributed by atoms with van der Waals surface area (Å²) in [7, 11) is 1.69. The molecular formula is C22H23N5O. The Balaban J connectivity index is 1.71. The van der Waals surface area contributed by atoms with Gasteiger partial charge in [0.1, 0.15) is 11.6 Å². The molecule has 0 unspecified atom stereocenters. The molecule has 0 aliphatic heterocycles. The van der Waals surface area contributed by atoms with Crippen molar-refractivity contribution in [3.05, 3.63) is 72.3 Å². The van der Waals surface area contributed by atoms with Crippen molar-refractivity contribution in [2.45, 2.75) is 26.3 Å². The molecule has 4 rings (SSSR count). The van der Waals surface area contributed by atoms with E-state index < -0.39 is 0 Å². The summed E-state index contributed by atoms with van der Waals surface area (Å²) in [5, 5.41) is 7.82. The van der Waals surface area contributed by atoms with Crippen molar-refractivity contribution >= 4 is 11.5 Å². The molecule has 1 N–H and O–H groups in total. The molecule has 0 fully saturated rings. The number of ether oxygens (including phenoxy) is 1. The highest BCUT2D eigenvalue weighted by atomic mass is 16.5. The highest BCUT2D eigenvalue weighted by molar-refractivity contribution is 5.82. The van der Waals surface area contributed by atoms with E-state index in [0.717, 1.165) is 33.9 Å². The zero-order valence-corrected chi connectivity index (χ0v) is 16.3. The van der Waals surface area contributed by atoms with Crippen molar-refractivity contribution in [3.8, 4) is 16.9 Å². The van der Waals surface area contributed by atoms with Crippen molar-refractivity contribution in [1.82, 2.24) is 19.6 Å². The third-order valence-corrected chi connectivity index (χ3v) is 4.75. The van der Waals surface area contributed by atoms with Crippen LogP contribution in [0.3, 0.4) is 0 Å². The fourth-order valence-electron chi connectivity index (χ4n) is 3.15. The van der Waals surface area contributed by atoms with Crippen LogP contribution in [0.5, 0.6) is 5.75 Å². The molecule has 28 heavy (non-hydrogen) atoms. The van der Waals surface area contributed by atoms with Gasteiger partial charge >= 0.3 is 0 Å². The Morgan fingerprint density at radius 3 is 2.75 bits per heavy atom. The molecule has 0 aliphatic carbocycles. The first-order chi connectivity index (χ1) is 13.7. The molecule has 1 aromatic carbocycles. The van der Waals surface area contributed by atoms with Gasteiger partial charge in [0.15, 0.2) is 5.65 Å². The number of rotatable bonds is 6. The maximum Gasteiger partial charge on any atom is 0.165 e. The van der Waals surface area contributed by atoms with Crippen molar-refractivity contribution in [2.75, 3.05) is 12.4 Å². The first kappa shape index (κ1) is 18.0. The fraction of sp³-hybridized carbons (Fsp3) is 0.227. The topological polar surface area (TPSA) is 64.3 Å². The summed E-state index contributed by atoms with van der Waals surface area (Å²) in [4.78, 5) is 8.94. The second-order valence-corrected chi connectivity index (χ2v) is 6.97. The summed E-state index contributed by atoms with van der Waals surface area (Å²) >= 11 is 0. The highest BCUT2D eigenvalue weighted by Crippen LogP contribution is 2.35. The van der Waals surface area contributed by atoms with E-state index in [9.17, 15) is 0 Å². The summed E-state index contributed by atoms with van der Waals surface area (Å²) in [6.45, 7) is 5.02. The summed E-state index contributed by atoms with van der Waals surface area (Å²) in [6.07, 6.45) is 7.37. The maximum absolute atomic E-state index is 5.60. The van der Waals surface area contributed by atoms with E-state index in [0.29, 0.717) is 12.5 Å². The molecule has 0 bridgehead atoms. The molecule has 0 atom stereocenters. The van der Waals surface area contributed by atoms with Crippen LogP contribution in [0.1, 0.15) is 30.9 Å². The first-order valence-corrected chi connectivity index (χ1v) is 9.31. The van der Waals surface area contributed by atoms with E-state index in [1.54, 1.807) is 17.8 Å². The Morgan fingerprint density at radius 1 is 1.11 bits per heavy atom. The third kappa shape index (κ3) is 3.53. The Bertz CT molecular complexity index is 1090. The predicted octanol–water partition coefficient (Wildman–Crippen LogP) is 4.54. The van der Waals surface area contributed by atoms with Crippen molar-refractivity contribution < 1.29 is 4.74 Å². The molecule has 0 saturated heterocycles. The maximum atomic E-state index is 5.60. The lowest BCUT2D eigenvalue weighted by Crippen LogP contribution is -2.03. The average Bonchev–Trinajstić information content (AvgIpc) is 3.15. The van der Waals surface area contributed by atoms with E-state index in [1.165, 1.54) is 5.56 Å². The zero-order valence-electron chi connectivity index (χ0n) is 16.3. The average molecular weight is 373 g/mol. The van der Waals surface area contributed by atoms with Gasteiger partial charge in [-0.05, 0) is 41.3 Å². The van der Waals surface area contributed by atoms with Crippen LogP contribution in [-0.4, -0.2) is 26.7 Å². The van der Waals surface area contributed by atoms with Gasteiger partial charge in [-0.1, -0.05) is 26.0 Å². The van der Waals surface area contributed by atoms with Gasteiger partial charge in [-0.2, -0.15) is 5.10 Å². The van der Waals surface area contributed by atoms with Crippen LogP contribution in [-0.2, 0) is 6.54 Å². The Kier molecular flexibility index (Phi) is 4.93. The van der Waals surface area contributed by atoms with Crippen LogP contribution in [0.4, 0.5) is 5.82 Å². The first-order valence-electron chi connectivity index (χ1n) is 9.31. The molecule has 0 radical (unpaired) electrons. The van der Waals surface area contributed by atoms with Gasteiger partial charge in [0.25, 0.3) is 0 Å². The molecule has 0 spiro atoms. The summed E-state index contributed by atoms with van der Waals surface area (Å²) < 4.78 is 7.38. The number of fused-ring (bicyclic) bond motifs is 1. The minimum atomic E-state index is 0.427. The van der Waals surface area contributed by atoms with Crippen LogP contribution in [0.2, 0.25) is 0 Å². The number of methoxy groups -OCH3 is 1. The van der Waals surface area contributed by atoms with Gasteiger partial charge in [0, 0.05) is 30.7 Å². The minimum Gasteiger partial charge on any atom is -0.496 e. The van der Waals surface area contributed by atoms with E-state index in [4.69, 9.17) is 9.72 Å². The van der Waals surface area contributed by atoms with Gasteiger partial charge < -0.3 is 10.1 Å². The second kappa shape index (κ2) is 7.68. The van der Waals surface area contributed by atoms with Crippen molar-refractivity contribution in [1.29, 1.82) is 0 Å². The predicted molar refractivity (Wildman–Crippen MR) is 111 cm³/mol. The highest BCUT2D eigenvalue weighted by Gasteiger charge is 2.15. The molecule has 0 aliphatic rings. The standard InChI is InChI=1S/C22H23N5O/c1-15(2)17-6-7-20(28-3)18(11-17)19-14-25-27-10-8-21(26-22(19)27)24-13-16-5-4-9-23-12-16/h4-12,14-15H,13H2,1-3H3,(H,24,26). The molecule has 0 amide bonds. The van der Waals surface area contributed by atoms with Gasteiger partial charge in [0.05, 0.1) is 18.9 Å². The SMILES string of the molecule is COc1ccc(C(C)C)cc1-c1cnn2ccc(NCc3cccnc3)nc12. The number of anilines is 1. The lowest BCUT2D eigenvalue weighted by molar-refractivity contribution is 0.416. The minimum absolute atomic E-state index is 0.427. The second-order valence-electron chi connectivity index (χ2n) is 6.97. The van der Waals surface area contributed by atoms with Gasteiger partial charge in [-0.15, -0.1) is 0 Å². The molecule has 4 aromatic rings. The number of hydrogen-bond donors (Lipinski definition) is 1. The Morgan fingerprint density at radius 2 is 2.00 bits per heavy atom. The summed E-state index contributed by atoms with van der Waals surface area (Å²) in [5.41, 5.74) is 5.09. The number of aromatic nitrogens is 4. The molecule has 6 heteroatoms. The molecule has 6 nitrogen and oxygen atoms in total. The lowest BCUT2D eigenvalue weighted by atomic mass is 9.97. The summed E-state index contributed by atoms with van der Waals surface area (Å²) in [5.74, 6) is 2.03. The number of nitrogens with one attached hydrogen (secondary N) is 1. The van der Waals surface area contributed by atoms with Crippen LogP contribution in [0.25, 0.3) is 16.8 Å². The van der Waals surface area contributed by atoms with E-state index >= 15 is 0 Å². The van der Waals surface area contributed by atoms with Crippen LogP contribution < -0.4 is 10.1 Å². The van der Waals surface area contributed by atoms with Gasteiger partial charge in [-0.3, -0.25) is 4.98 Å². The molecule has 142 valence electrons. The number of pyridine rings is 1. The van der Waals surface area contributed by atoms with Crippen molar-refractivity contribution in [2.24, 2.45) is 0 Å². The van der Waals surface area contributed by atoms with E-state index in [1.807, 2.05) is 42.9 Å². The molecule has 3 aromatic heterocycles. The van der Waals surface area contributed by atoms with Gasteiger partial charge in [-0.25, -0.2) is 9.50 Å². The fourth-order valence-corrected chi connectivity index (χ4v) is 3.15. The third-order valence-electron chi connectivity index (χ3n) is 4.75. The normalized spacial score (nSPS) is 11.1. The molecule has 0 saturated carbocycles.